The molecule has 1 atom stereocenters. The molecule has 7 heteroatoms. The molecule has 27 heavy (non-hydrogen) atoms. The van der Waals surface area contributed by atoms with Gasteiger partial charge in [-0.1, -0.05) is 12.1 Å². The van der Waals surface area contributed by atoms with E-state index in [1.807, 2.05) is 17.9 Å². The van der Waals surface area contributed by atoms with Crippen molar-refractivity contribution in [1.29, 1.82) is 0 Å². The number of aromatic nitrogens is 1. The van der Waals surface area contributed by atoms with Crippen molar-refractivity contribution in [3.63, 3.8) is 0 Å². The molecule has 1 saturated heterocycles. The molecule has 1 fully saturated rings. The summed E-state index contributed by atoms with van der Waals surface area (Å²) in [6.07, 6.45) is 1.18. The Morgan fingerprint density at radius 3 is 2.74 bits per heavy atom. The van der Waals surface area contributed by atoms with Gasteiger partial charge in [-0.3, -0.25) is 0 Å². The third-order valence-corrected chi connectivity index (χ3v) is 6.09. The molecule has 1 aromatic heterocycles. The summed E-state index contributed by atoms with van der Waals surface area (Å²) in [5.74, 6) is 0.895. The minimum atomic E-state index is 0.569. The molecule has 4 rings (SSSR count). The van der Waals surface area contributed by atoms with Crippen LogP contribution in [0.2, 0.25) is 0 Å². The smallest absolute Gasteiger partial charge is 0.147 e. The van der Waals surface area contributed by atoms with Gasteiger partial charge in [-0.25, -0.2) is 4.98 Å². The maximum Gasteiger partial charge on any atom is 0.147 e. The van der Waals surface area contributed by atoms with E-state index < -0.39 is 0 Å². The Morgan fingerprint density at radius 1 is 1.15 bits per heavy atom. The monoisotopic (exact) mass is 397 g/mol. The average Bonchev–Trinajstić information content (AvgIpc) is 3.40. The number of nitrogens with one attached hydrogen (secondary N) is 3. The highest BCUT2D eigenvalue weighted by molar-refractivity contribution is 8.00. The fourth-order valence-electron chi connectivity index (χ4n) is 3.21. The molecule has 2 heterocycles. The lowest BCUT2D eigenvalue weighted by atomic mass is 10.2. The van der Waals surface area contributed by atoms with Crippen LogP contribution >= 0.6 is 23.3 Å². The lowest BCUT2D eigenvalue weighted by Gasteiger charge is -2.22. The van der Waals surface area contributed by atoms with Crippen LogP contribution in [0.3, 0.4) is 0 Å². The lowest BCUT2D eigenvalue weighted by molar-refractivity contribution is 0.617. The number of anilines is 4. The number of rotatable bonds is 7. The van der Waals surface area contributed by atoms with Crippen molar-refractivity contribution >= 4 is 46.2 Å². The molecular weight excluding hydrogens is 374 g/mol. The number of benzene rings is 2. The summed E-state index contributed by atoms with van der Waals surface area (Å²) in [5, 5.41) is 8.96. The standard InChI is InChI=1S/C20H23N5S2/c1-21-16-10-11-25(12-16)19-5-3-2-4-18(19)23-15-6-8-17(9-7-15)27-24-20-13-26-14-22-20/h2-9,13-14,16,21,23-24H,10-12H2,1H3. The summed E-state index contributed by atoms with van der Waals surface area (Å²) in [6, 6.07) is 17.6. The highest BCUT2D eigenvalue weighted by Gasteiger charge is 2.22. The zero-order valence-electron chi connectivity index (χ0n) is 15.2. The summed E-state index contributed by atoms with van der Waals surface area (Å²) in [7, 11) is 2.04. The number of hydrogen-bond donors (Lipinski definition) is 3. The summed E-state index contributed by atoms with van der Waals surface area (Å²) in [4.78, 5) is 7.83. The van der Waals surface area contributed by atoms with Gasteiger partial charge in [0.1, 0.15) is 5.82 Å². The first kappa shape index (κ1) is 18.2. The number of likely N-dealkylation sites (N-methyl/N-ethyl adjacent to an activating group) is 1. The third kappa shape index (κ3) is 4.55. The van der Waals surface area contributed by atoms with Crippen molar-refractivity contribution in [3.05, 3.63) is 59.4 Å². The van der Waals surface area contributed by atoms with Gasteiger partial charge in [-0.2, -0.15) is 0 Å². The SMILES string of the molecule is CNC1CCN(c2ccccc2Nc2ccc(SNc3cscn3)cc2)C1. The lowest BCUT2D eigenvalue weighted by Crippen LogP contribution is -2.29. The number of para-hydroxylation sites is 2. The minimum absolute atomic E-state index is 0.569. The van der Waals surface area contributed by atoms with Gasteiger partial charge in [-0.05, 0) is 61.8 Å². The summed E-state index contributed by atoms with van der Waals surface area (Å²) < 4.78 is 3.25. The van der Waals surface area contributed by atoms with E-state index in [1.54, 1.807) is 23.3 Å². The van der Waals surface area contributed by atoms with Gasteiger partial charge < -0.3 is 20.3 Å². The van der Waals surface area contributed by atoms with Gasteiger partial charge in [-0.15, -0.1) is 11.3 Å². The number of hydrogen-bond acceptors (Lipinski definition) is 7. The van der Waals surface area contributed by atoms with Gasteiger partial charge in [0.15, 0.2) is 0 Å². The van der Waals surface area contributed by atoms with E-state index in [-0.39, 0.29) is 0 Å². The van der Waals surface area contributed by atoms with E-state index in [1.165, 1.54) is 12.1 Å². The van der Waals surface area contributed by atoms with E-state index in [9.17, 15) is 0 Å². The highest BCUT2D eigenvalue weighted by Crippen LogP contribution is 2.31. The first-order valence-electron chi connectivity index (χ1n) is 9.01. The molecule has 0 radical (unpaired) electrons. The first-order valence-corrected chi connectivity index (χ1v) is 10.8. The van der Waals surface area contributed by atoms with Crippen LogP contribution < -0.4 is 20.3 Å². The topological polar surface area (TPSA) is 52.2 Å². The van der Waals surface area contributed by atoms with Crippen molar-refractivity contribution < 1.29 is 0 Å². The van der Waals surface area contributed by atoms with Gasteiger partial charge in [0, 0.05) is 35.1 Å². The molecule has 0 spiro atoms. The van der Waals surface area contributed by atoms with Crippen LogP contribution in [-0.2, 0) is 0 Å². The van der Waals surface area contributed by atoms with Gasteiger partial charge in [0.05, 0.1) is 16.9 Å². The zero-order chi connectivity index (χ0) is 18.5. The van der Waals surface area contributed by atoms with Crippen LogP contribution in [-0.4, -0.2) is 31.2 Å². The minimum Gasteiger partial charge on any atom is -0.368 e. The molecule has 0 saturated carbocycles. The molecule has 1 unspecified atom stereocenters. The molecule has 140 valence electrons. The normalized spacial score (nSPS) is 16.5. The Kier molecular flexibility index (Phi) is 5.81. The molecule has 3 aromatic rings. The second-order valence-corrected chi connectivity index (χ2v) is 8.06. The molecule has 0 bridgehead atoms. The number of nitrogens with zero attached hydrogens (tertiary/aromatic N) is 2. The van der Waals surface area contributed by atoms with Crippen molar-refractivity contribution in [2.24, 2.45) is 0 Å². The van der Waals surface area contributed by atoms with Crippen molar-refractivity contribution in [2.75, 3.05) is 35.1 Å². The number of thiazole rings is 1. The molecule has 5 nitrogen and oxygen atoms in total. The predicted molar refractivity (Wildman–Crippen MR) is 117 cm³/mol. The second kappa shape index (κ2) is 8.65. The fourth-order valence-corrected chi connectivity index (χ4v) is 4.37. The molecule has 2 aromatic carbocycles. The van der Waals surface area contributed by atoms with Gasteiger partial charge >= 0.3 is 0 Å². The highest BCUT2D eigenvalue weighted by atomic mass is 32.2. The Balaban J connectivity index is 1.42. The van der Waals surface area contributed by atoms with Crippen molar-refractivity contribution in [3.8, 4) is 0 Å². The zero-order valence-corrected chi connectivity index (χ0v) is 16.8. The van der Waals surface area contributed by atoms with E-state index in [0.29, 0.717) is 6.04 Å². The van der Waals surface area contributed by atoms with Crippen molar-refractivity contribution in [1.82, 2.24) is 10.3 Å². The quantitative estimate of drug-likeness (QED) is 0.498. The molecule has 3 N–H and O–H groups in total. The van der Waals surface area contributed by atoms with E-state index in [4.69, 9.17) is 0 Å². The van der Waals surface area contributed by atoms with E-state index >= 15 is 0 Å². The van der Waals surface area contributed by atoms with Crippen LogP contribution in [0, 0.1) is 0 Å². The molecule has 0 aliphatic carbocycles. The Bertz CT molecular complexity index is 851. The van der Waals surface area contributed by atoms with E-state index in [0.717, 1.165) is 35.2 Å². The average molecular weight is 398 g/mol. The van der Waals surface area contributed by atoms with Crippen molar-refractivity contribution in [2.45, 2.75) is 17.4 Å². The fraction of sp³-hybridized carbons (Fsp3) is 0.250. The van der Waals surface area contributed by atoms with Gasteiger partial charge in [0.25, 0.3) is 0 Å². The Hall–Kier alpha value is -2.22. The molecule has 1 aliphatic heterocycles. The van der Waals surface area contributed by atoms with Crippen LogP contribution in [0.1, 0.15) is 6.42 Å². The maximum atomic E-state index is 4.23. The van der Waals surface area contributed by atoms with Crippen LogP contribution in [0.5, 0.6) is 0 Å². The van der Waals surface area contributed by atoms with E-state index in [2.05, 4.69) is 73.8 Å². The predicted octanol–water partition coefficient (Wildman–Crippen LogP) is 4.80. The summed E-state index contributed by atoms with van der Waals surface area (Å²) in [5.41, 5.74) is 5.32. The maximum absolute atomic E-state index is 4.23. The molecular formula is C20H23N5S2. The largest absolute Gasteiger partial charge is 0.368 e. The molecule has 1 aliphatic rings. The van der Waals surface area contributed by atoms with Gasteiger partial charge in [0.2, 0.25) is 0 Å². The summed E-state index contributed by atoms with van der Waals surface area (Å²) in [6.45, 7) is 2.13. The van der Waals surface area contributed by atoms with Crippen LogP contribution in [0.15, 0.2) is 64.3 Å². The summed E-state index contributed by atoms with van der Waals surface area (Å²) >= 11 is 3.16. The third-order valence-electron chi connectivity index (χ3n) is 4.68. The van der Waals surface area contributed by atoms with Crippen LogP contribution in [0.4, 0.5) is 22.9 Å². The Labute approximate surface area is 168 Å². The van der Waals surface area contributed by atoms with Crippen LogP contribution in [0.25, 0.3) is 0 Å². The molecule has 0 amide bonds. The second-order valence-electron chi connectivity index (χ2n) is 6.46. The first-order chi connectivity index (χ1) is 13.3. The Morgan fingerprint density at radius 2 is 2.00 bits per heavy atom.